The van der Waals surface area contributed by atoms with Gasteiger partial charge in [-0.3, -0.25) is 4.90 Å². The summed E-state index contributed by atoms with van der Waals surface area (Å²) in [6.07, 6.45) is 5.96. The smallest absolute Gasteiger partial charge is 0.126 e. The Morgan fingerprint density at radius 1 is 1.14 bits per heavy atom. The molecular weight excluding hydrogens is 263 g/mol. The summed E-state index contributed by atoms with van der Waals surface area (Å²) < 4.78 is 13.9. The second-order valence-corrected chi connectivity index (χ2v) is 6.69. The second-order valence-electron chi connectivity index (χ2n) is 6.69. The van der Waals surface area contributed by atoms with Crippen LogP contribution in [0.4, 0.5) is 4.39 Å². The first-order valence-corrected chi connectivity index (χ1v) is 8.21. The van der Waals surface area contributed by atoms with Crippen LogP contribution in [-0.2, 0) is 6.42 Å². The maximum absolute atomic E-state index is 13.9. The summed E-state index contributed by atoms with van der Waals surface area (Å²) >= 11 is 0. The highest BCUT2D eigenvalue weighted by Crippen LogP contribution is 2.26. The first kappa shape index (κ1) is 16.4. The van der Waals surface area contributed by atoms with Gasteiger partial charge in [0.25, 0.3) is 0 Å². The molecule has 0 spiro atoms. The van der Waals surface area contributed by atoms with E-state index in [2.05, 4.69) is 24.1 Å². The molecule has 0 bridgehead atoms. The Kier molecular flexibility index (Phi) is 5.77. The zero-order chi connectivity index (χ0) is 15.3. The summed E-state index contributed by atoms with van der Waals surface area (Å²) in [6, 6.07) is 7.38. The molecule has 1 atom stereocenters. The van der Waals surface area contributed by atoms with Crippen molar-refractivity contribution in [2.24, 2.45) is 0 Å². The van der Waals surface area contributed by atoms with Gasteiger partial charge in [-0.15, -0.1) is 0 Å². The lowest BCUT2D eigenvalue weighted by molar-refractivity contribution is 0.0861. The van der Waals surface area contributed by atoms with Crippen molar-refractivity contribution in [1.82, 2.24) is 10.2 Å². The highest BCUT2D eigenvalue weighted by molar-refractivity contribution is 5.19. The summed E-state index contributed by atoms with van der Waals surface area (Å²) in [6.45, 7) is 6.89. The zero-order valence-electron chi connectivity index (χ0n) is 13.7. The van der Waals surface area contributed by atoms with Crippen molar-refractivity contribution in [3.05, 3.63) is 35.6 Å². The minimum atomic E-state index is -0.0931. The molecule has 1 aliphatic heterocycles. The molecule has 1 N–H and O–H groups in total. The van der Waals surface area contributed by atoms with Crippen LogP contribution in [0.5, 0.6) is 0 Å². The monoisotopic (exact) mass is 292 g/mol. The Bertz CT molecular complexity index is 437. The summed E-state index contributed by atoms with van der Waals surface area (Å²) in [4.78, 5) is 2.59. The first-order chi connectivity index (χ1) is 10.1. The number of hydrogen-bond acceptors (Lipinski definition) is 2. The molecule has 1 aromatic rings. The molecular formula is C18H29FN2. The average molecular weight is 292 g/mol. The molecule has 3 heteroatoms. The van der Waals surface area contributed by atoms with E-state index in [-0.39, 0.29) is 17.4 Å². The number of hydrogen-bond donors (Lipinski definition) is 1. The minimum Gasteiger partial charge on any atom is -0.315 e. The third-order valence-corrected chi connectivity index (χ3v) is 5.00. The van der Waals surface area contributed by atoms with Crippen LogP contribution in [-0.4, -0.2) is 36.6 Å². The van der Waals surface area contributed by atoms with Crippen LogP contribution < -0.4 is 5.32 Å². The summed E-state index contributed by atoms with van der Waals surface area (Å²) in [5, 5.41) is 3.43. The summed E-state index contributed by atoms with van der Waals surface area (Å²) in [5.74, 6) is -0.0931. The van der Waals surface area contributed by atoms with Crippen LogP contribution in [0.25, 0.3) is 0 Å². The van der Waals surface area contributed by atoms with Crippen molar-refractivity contribution >= 4 is 0 Å². The van der Waals surface area contributed by atoms with Gasteiger partial charge in [-0.05, 0) is 64.9 Å². The first-order valence-electron chi connectivity index (χ1n) is 8.21. The zero-order valence-corrected chi connectivity index (χ0v) is 13.7. The van der Waals surface area contributed by atoms with E-state index < -0.39 is 0 Å². The third-order valence-electron chi connectivity index (χ3n) is 5.00. The van der Waals surface area contributed by atoms with Crippen molar-refractivity contribution in [2.75, 3.05) is 20.1 Å². The van der Waals surface area contributed by atoms with Gasteiger partial charge in [0.2, 0.25) is 0 Å². The van der Waals surface area contributed by atoms with Gasteiger partial charge in [-0.25, -0.2) is 4.39 Å². The highest BCUT2D eigenvalue weighted by Gasteiger charge is 2.35. The van der Waals surface area contributed by atoms with Gasteiger partial charge in [0.15, 0.2) is 0 Å². The van der Waals surface area contributed by atoms with Gasteiger partial charge in [0.1, 0.15) is 5.82 Å². The molecule has 1 aliphatic rings. The fraction of sp³-hybridized carbons (Fsp3) is 0.667. The number of nitrogens with one attached hydrogen (secondary N) is 1. The average Bonchev–Trinajstić information content (AvgIpc) is 2.75. The Morgan fingerprint density at radius 3 is 2.33 bits per heavy atom. The molecule has 1 fully saturated rings. The Balaban J connectivity index is 2.12. The Labute approximate surface area is 128 Å². The van der Waals surface area contributed by atoms with Gasteiger partial charge < -0.3 is 5.32 Å². The van der Waals surface area contributed by atoms with Crippen molar-refractivity contribution in [3.63, 3.8) is 0 Å². The van der Waals surface area contributed by atoms with Crippen LogP contribution in [0.15, 0.2) is 24.3 Å². The van der Waals surface area contributed by atoms with Gasteiger partial charge >= 0.3 is 0 Å². The summed E-state index contributed by atoms with van der Waals surface area (Å²) in [7, 11) is 1.99. The molecule has 0 saturated carbocycles. The SMILES string of the molecule is CNC(Cc1ccccc1F)C(C)(C)N1CCCCCC1. The Morgan fingerprint density at radius 2 is 1.76 bits per heavy atom. The van der Waals surface area contributed by atoms with Crippen molar-refractivity contribution in [2.45, 2.75) is 57.5 Å². The number of rotatable bonds is 5. The largest absolute Gasteiger partial charge is 0.315 e. The molecule has 2 nitrogen and oxygen atoms in total. The van der Waals surface area contributed by atoms with E-state index in [1.807, 2.05) is 19.2 Å². The highest BCUT2D eigenvalue weighted by atomic mass is 19.1. The van der Waals surface area contributed by atoms with Gasteiger partial charge in [-0.2, -0.15) is 0 Å². The van der Waals surface area contributed by atoms with E-state index >= 15 is 0 Å². The lowest BCUT2D eigenvalue weighted by atomic mass is 9.87. The van der Waals surface area contributed by atoms with E-state index in [0.717, 1.165) is 25.1 Å². The van der Waals surface area contributed by atoms with E-state index in [0.29, 0.717) is 0 Å². The molecule has 2 rings (SSSR count). The van der Waals surface area contributed by atoms with Gasteiger partial charge in [-0.1, -0.05) is 31.0 Å². The quantitative estimate of drug-likeness (QED) is 0.892. The number of benzene rings is 1. The molecule has 118 valence electrons. The van der Waals surface area contributed by atoms with Crippen LogP contribution in [0.2, 0.25) is 0 Å². The lowest BCUT2D eigenvalue weighted by Gasteiger charge is -2.44. The van der Waals surface area contributed by atoms with Crippen molar-refractivity contribution < 1.29 is 4.39 Å². The maximum Gasteiger partial charge on any atom is 0.126 e. The number of likely N-dealkylation sites (N-methyl/N-ethyl adjacent to an activating group) is 1. The van der Waals surface area contributed by atoms with Crippen LogP contribution in [0, 0.1) is 5.82 Å². The number of halogens is 1. The van der Waals surface area contributed by atoms with E-state index in [1.165, 1.54) is 25.7 Å². The fourth-order valence-corrected chi connectivity index (χ4v) is 3.46. The van der Waals surface area contributed by atoms with Crippen LogP contribution >= 0.6 is 0 Å². The molecule has 1 heterocycles. The fourth-order valence-electron chi connectivity index (χ4n) is 3.46. The molecule has 1 unspecified atom stereocenters. The molecule has 1 saturated heterocycles. The van der Waals surface area contributed by atoms with Crippen molar-refractivity contribution in [1.29, 1.82) is 0 Å². The van der Waals surface area contributed by atoms with Gasteiger partial charge in [0, 0.05) is 11.6 Å². The second kappa shape index (κ2) is 7.37. The lowest BCUT2D eigenvalue weighted by Crippen LogP contribution is -2.58. The normalized spacial score (nSPS) is 19.2. The molecule has 0 aliphatic carbocycles. The molecule has 21 heavy (non-hydrogen) atoms. The van der Waals surface area contributed by atoms with Crippen LogP contribution in [0.3, 0.4) is 0 Å². The van der Waals surface area contributed by atoms with Gasteiger partial charge in [0.05, 0.1) is 0 Å². The number of likely N-dealkylation sites (tertiary alicyclic amines) is 1. The minimum absolute atomic E-state index is 0.0291. The van der Waals surface area contributed by atoms with Crippen LogP contribution in [0.1, 0.15) is 45.1 Å². The topological polar surface area (TPSA) is 15.3 Å². The van der Waals surface area contributed by atoms with E-state index in [9.17, 15) is 4.39 Å². The molecule has 0 aromatic heterocycles. The van der Waals surface area contributed by atoms with E-state index in [1.54, 1.807) is 12.1 Å². The predicted molar refractivity (Wildman–Crippen MR) is 87.1 cm³/mol. The molecule has 0 radical (unpaired) electrons. The molecule has 1 aromatic carbocycles. The Hall–Kier alpha value is -0.930. The predicted octanol–water partition coefficient (Wildman–Crippen LogP) is 3.61. The number of nitrogens with zero attached hydrogens (tertiary/aromatic N) is 1. The van der Waals surface area contributed by atoms with Crippen molar-refractivity contribution in [3.8, 4) is 0 Å². The third kappa shape index (κ3) is 4.04. The maximum atomic E-state index is 13.9. The standard InChI is InChI=1S/C18H29FN2/c1-18(2,21-12-8-4-5-9-13-21)17(20-3)14-15-10-6-7-11-16(15)19/h6-7,10-11,17,20H,4-5,8-9,12-14H2,1-3H3. The molecule has 0 amide bonds. The van der Waals surface area contributed by atoms with E-state index in [4.69, 9.17) is 0 Å². The summed E-state index contributed by atoms with van der Waals surface area (Å²) in [5.41, 5.74) is 0.834.